The Kier molecular flexibility index (Phi) is 4.99. The average molecular weight is 386 g/mol. The quantitative estimate of drug-likeness (QED) is 0.637. The predicted molar refractivity (Wildman–Crippen MR) is 102 cm³/mol. The van der Waals surface area contributed by atoms with Gasteiger partial charge in [0.2, 0.25) is 0 Å². The molecule has 5 nitrogen and oxygen atoms in total. The molecule has 1 amide bonds. The minimum Gasteiger partial charge on any atom is -0.458 e. The fourth-order valence-corrected chi connectivity index (χ4v) is 4.68. The van der Waals surface area contributed by atoms with E-state index >= 15 is 0 Å². The smallest absolute Gasteiger partial charge is 0.309 e. The minimum absolute atomic E-state index is 0.0568. The van der Waals surface area contributed by atoms with Gasteiger partial charge in [0, 0.05) is 13.1 Å². The van der Waals surface area contributed by atoms with Crippen molar-refractivity contribution >= 4 is 44.8 Å². The molecule has 1 aliphatic heterocycles. The van der Waals surface area contributed by atoms with E-state index in [0.29, 0.717) is 25.9 Å². The summed E-state index contributed by atoms with van der Waals surface area (Å²) in [4.78, 5) is 31.7. The summed E-state index contributed by atoms with van der Waals surface area (Å²) in [6, 6.07) is 11.6. The lowest BCUT2D eigenvalue weighted by Gasteiger charge is -2.30. The zero-order chi connectivity index (χ0) is 17.9. The Labute approximate surface area is 159 Å². The van der Waals surface area contributed by atoms with E-state index in [1.165, 1.54) is 11.3 Å². The lowest BCUT2D eigenvalue weighted by atomic mass is 9.97. The first-order valence-corrected chi connectivity index (χ1v) is 10.2. The van der Waals surface area contributed by atoms with Crippen molar-refractivity contribution in [3.05, 3.63) is 51.7 Å². The Morgan fingerprint density at radius 3 is 2.69 bits per heavy atom. The third-order valence-corrected chi connectivity index (χ3v) is 6.39. The molecular formula is C19H18N2O3S2. The van der Waals surface area contributed by atoms with Gasteiger partial charge in [-0.2, -0.15) is 0 Å². The Morgan fingerprint density at radius 2 is 1.96 bits per heavy atom. The second kappa shape index (κ2) is 7.55. The Balaban J connectivity index is 1.29. The molecule has 7 heteroatoms. The lowest BCUT2D eigenvalue weighted by Crippen LogP contribution is -2.40. The largest absolute Gasteiger partial charge is 0.458 e. The molecular weight excluding hydrogens is 368 g/mol. The van der Waals surface area contributed by atoms with Gasteiger partial charge in [0.15, 0.2) is 0 Å². The predicted octanol–water partition coefficient (Wildman–Crippen LogP) is 3.95. The number of hydrogen-bond donors (Lipinski definition) is 0. The van der Waals surface area contributed by atoms with Crippen LogP contribution in [0, 0.1) is 5.92 Å². The van der Waals surface area contributed by atoms with Crippen LogP contribution in [0.2, 0.25) is 0 Å². The zero-order valence-corrected chi connectivity index (χ0v) is 15.7. The molecule has 0 bridgehead atoms. The van der Waals surface area contributed by atoms with E-state index in [-0.39, 0.29) is 24.4 Å². The van der Waals surface area contributed by atoms with Crippen LogP contribution in [0.3, 0.4) is 0 Å². The second-order valence-electron chi connectivity index (χ2n) is 6.23. The number of esters is 1. The lowest BCUT2D eigenvalue weighted by molar-refractivity contribution is -0.151. The number of rotatable bonds is 4. The zero-order valence-electron chi connectivity index (χ0n) is 14.1. The number of carbonyl (C=O) groups is 2. The van der Waals surface area contributed by atoms with Gasteiger partial charge in [-0.15, -0.1) is 22.7 Å². The third kappa shape index (κ3) is 3.64. The van der Waals surface area contributed by atoms with E-state index in [0.717, 1.165) is 20.1 Å². The fourth-order valence-electron chi connectivity index (χ4n) is 3.11. The molecule has 1 aromatic carbocycles. The molecule has 134 valence electrons. The van der Waals surface area contributed by atoms with E-state index in [1.807, 2.05) is 46.7 Å². The number of fused-ring (bicyclic) bond motifs is 1. The molecule has 0 aliphatic carbocycles. The SMILES string of the molecule is O=C(OCc1nc2ccccc2s1)C1CCN(C(=O)c2cccs2)CC1. The summed E-state index contributed by atoms with van der Waals surface area (Å²) in [5.41, 5.74) is 0.934. The summed E-state index contributed by atoms with van der Waals surface area (Å²) in [6.45, 7) is 1.40. The number of piperidine rings is 1. The summed E-state index contributed by atoms with van der Waals surface area (Å²) in [7, 11) is 0. The van der Waals surface area contributed by atoms with Crippen LogP contribution < -0.4 is 0 Å². The van der Waals surface area contributed by atoms with Crippen LogP contribution in [-0.4, -0.2) is 34.8 Å². The highest BCUT2D eigenvalue weighted by Gasteiger charge is 2.29. The fraction of sp³-hybridized carbons (Fsp3) is 0.316. The summed E-state index contributed by atoms with van der Waals surface area (Å²) >= 11 is 3.00. The molecule has 0 atom stereocenters. The summed E-state index contributed by atoms with van der Waals surface area (Å²) < 4.78 is 6.57. The average Bonchev–Trinajstić information content (AvgIpc) is 3.35. The highest BCUT2D eigenvalue weighted by molar-refractivity contribution is 7.18. The van der Waals surface area contributed by atoms with Gasteiger partial charge in [-0.25, -0.2) is 4.98 Å². The number of ether oxygens (including phenoxy) is 1. The van der Waals surface area contributed by atoms with E-state index in [2.05, 4.69) is 4.98 Å². The first kappa shape index (κ1) is 17.2. The molecule has 0 radical (unpaired) electrons. The van der Waals surface area contributed by atoms with Crippen LogP contribution in [0.5, 0.6) is 0 Å². The molecule has 4 rings (SSSR count). The summed E-state index contributed by atoms with van der Waals surface area (Å²) in [5, 5.41) is 2.71. The number of amides is 1. The maximum absolute atomic E-state index is 12.3. The number of nitrogens with zero attached hydrogens (tertiary/aromatic N) is 2. The van der Waals surface area contributed by atoms with E-state index in [4.69, 9.17) is 4.74 Å². The van der Waals surface area contributed by atoms with E-state index in [1.54, 1.807) is 11.3 Å². The highest BCUT2D eigenvalue weighted by atomic mass is 32.1. The van der Waals surface area contributed by atoms with Crippen LogP contribution >= 0.6 is 22.7 Å². The monoisotopic (exact) mass is 386 g/mol. The van der Waals surface area contributed by atoms with Gasteiger partial charge in [-0.1, -0.05) is 18.2 Å². The van der Waals surface area contributed by atoms with Gasteiger partial charge in [-0.3, -0.25) is 9.59 Å². The van der Waals surface area contributed by atoms with Crippen molar-refractivity contribution in [1.82, 2.24) is 9.88 Å². The standard InChI is InChI=1S/C19H18N2O3S2/c22-18(16-6-3-11-25-16)21-9-7-13(8-10-21)19(23)24-12-17-20-14-4-1-2-5-15(14)26-17/h1-6,11,13H,7-10,12H2. The number of carbonyl (C=O) groups excluding carboxylic acids is 2. The molecule has 1 fully saturated rings. The number of benzene rings is 1. The van der Waals surface area contributed by atoms with Crippen molar-refractivity contribution in [3.8, 4) is 0 Å². The number of aromatic nitrogens is 1. The first-order valence-electron chi connectivity index (χ1n) is 8.54. The van der Waals surface area contributed by atoms with Crippen molar-refractivity contribution in [2.45, 2.75) is 19.4 Å². The number of likely N-dealkylation sites (tertiary alicyclic amines) is 1. The molecule has 26 heavy (non-hydrogen) atoms. The van der Waals surface area contributed by atoms with Gasteiger partial charge in [0.1, 0.15) is 11.6 Å². The van der Waals surface area contributed by atoms with Gasteiger partial charge in [-0.05, 0) is 36.4 Å². The Bertz CT molecular complexity index is 879. The maximum atomic E-state index is 12.3. The number of hydrogen-bond acceptors (Lipinski definition) is 6. The molecule has 0 unspecified atom stereocenters. The molecule has 1 saturated heterocycles. The maximum Gasteiger partial charge on any atom is 0.309 e. The second-order valence-corrected chi connectivity index (χ2v) is 8.29. The molecule has 3 heterocycles. The minimum atomic E-state index is -0.188. The van der Waals surface area contributed by atoms with Crippen molar-refractivity contribution in [1.29, 1.82) is 0 Å². The summed E-state index contributed by atoms with van der Waals surface area (Å²) in [5.74, 6) is -0.273. The molecule has 3 aromatic rings. The van der Waals surface area contributed by atoms with Crippen molar-refractivity contribution in [3.63, 3.8) is 0 Å². The van der Waals surface area contributed by atoms with Gasteiger partial charge in [0.05, 0.1) is 21.0 Å². The van der Waals surface area contributed by atoms with Crippen molar-refractivity contribution < 1.29 is 14.3 Å². The number of thiophene rings is 1. The van der Waals surface area contributed by atoms with Crippen molar-refractivity contribution in [2.75, 3.05) is 13.1 Å². The van der Waals surface area contributed by atoms with Gasteiger partial charge >= 0.3 is 5.97 Å². The Hall–Kier alpha value is -2.25. The molecule has 0 spiro atoms. The number of thiazole rings is 1. The number of para-hydroxylation sites is 1. The molecule has 1 aliphatic rings. The topological polar surface area (TPSA) is 59.5 Å². The van der Waals surface area contributed by atoms with E-state index in [9.17, 15) is 9.59 Å². The van der Waals surface area contributed by atoms with Crippen LogP contribution in [0.1, 0.15) is 27.5 Å². The van der Waals surface area contributed by atoms with Crippen LogP contribution in [0.4, 0.5) is 0 Å². The van der Waals surface area contributed by atoms with Crippen molar-refractivity contribution in [2.24, 2.45) is 5.92 Å². The Morgan fingerprint density at radius 1 is 1.15 bits per heavy atom. The summed E-state index contributed by atoms with van der Waals surface area (Å²) in [6.07, 6.45) is 1.30. The molecule has 2 aromatic heterocycles. The normalized spacial score (nSPS) is 15.3. The van der Waals surface area contributed by atoms with Crippen LogP contribution in [0.25, 0.3) is 10.2 Å². The van der Waals surface area contributed by atoms with Crippen LogP contribution in [-0.2, 0) is 16.1 Å². The van der Waals surface area contributed by atoms with Gasteiger partial charge in [0.25, 0.3) is 5.91 Å². The highest BCUT2D eigenvalue weighted by Crippen LogP contribution is 2.24. The van der Waals surface area contributed by atoms with Gasteiger partial charge < -0.3 is 9.64 Å². The van der Waals surface area contributed by atoms with Crippen LogP contribution in [0.15, 0.2) is 41.8 Å². The first-order chi connectivity index (χ1) is 12.7. The molecule has 0 saturated carbocycles. The third-order valence-electron chi connectivity index (χ3n) is 4.52. The molecule has 0 N–H and O–H groups in total. The van der Waals surface area contributed by atoms with E-state index < -0.39 is 0 Å².